The van der Waals surface area contributed by atoms with Crippen LogP contribution >= 0.6 is 22.7 Å². The summed E-state index contributed by atoms with van der Waals surface area (Å²) in [6.45, 7) is 0. The van der Waals surface area contributed by atoms with Crippen LogP contribution in [0.15, 0.2) is 108 Å². The van der Waals surface area contributed by atoms with Crippen LogP contribution in [0.5, 0.6) is 0 Å². The summed E-state index contributed by atoms with van der Waals surface area (Å²) in [5.41, 5.74) is 8.46. The Morgan fingerprint density at radius 1 is 0.538 bits per heavy atom. The van der Waals surface area contributed by atoms with E-state index in [1.165, 1.54) is 69.2 Å². The Bertz CT molecular complexity index is 2160. The lowest BCUT2D eigenvalue weighted by Crippen LogP contribution is -2.13. The van der Waals surface area contributed by atoms with Crippen LogP contribution in [0.4, 0.5) is 22.7 Å². The van der Waals surface area contributed by atoms with E-state index in [2.05, 4.69) is 10.6 Å². The second-order valence-electron chi connectivity index (χ2n) is 12.5. The molecule has 2 N–H and O–H groups in total. The number of nitro benzene ring substituents is 2. The number of nitro groups is 2. The van der Waals surface area contributed by atoms with Crippen LogP contribution in [0, 0.1) is 20.2 Å². The molecule has 10 nitrogen and oxygen atoms in total. The van der Waals surface area contributed by atoms with Gasteiger partial charge in [0.25, 0.3) is 23.2 Å². The number of non-ortho nitro benzene ring substituents is 2. The van der Waals surface area contributed by atoms with E-state index in [0.29, 0.717) is 22.3 Å². The van der Waals surface area contributed by atoms with E-state index >= 15 is 0 Å². The number of rotatable bonds is 8. The summed E-state index contributed by atoms with van der Waals surface area (Å²) >= 11 is 2.99. The summed E-state index contributed by atoms with van der Waals surface area (Å²) in [7, 11) is 0. The monoisotopic (exact) mass is 728 g/mol. The maximum atomic E-state index is 12.9. The fourth-order valence-corrected chi connectivity index (χ4v) is 8.19. The number of hydrogen-bond acceptors (Lipinski definition) is 8. The van der Waals surface area contributed by atoms with Gasteiger partial charge in [-0.2, -0.15) is 0 Å². The van der Waals surface area contributed by atoms with Crippen molar-refractivity contribution in [1.29, 1.82) is 0 Å². The predicted molar refractivity (Wildman–Crippen MR) is 206 cm³/mol. The van der Waals surface area contributed by atoms with Gasteiger partial charge in [-0.15, -0.1) is 22.7 Å². The number of benzene rings is 4. The summed E-state index contributed by atoms with van der Waals surface area (Å²) < 4.78 is 0. The molecule has 2 amide bonds. The molecule has 8 rings (SSSR count). The van der Waals surface area contributed by atoms with Crippen LogP contribution in [-0.4, -0.2) is 21.7 Å². The van der Waals surface area contributed by atoms with Crippen LogP contribution in [0.3, 0.4) is 0 Å². The van der Waals surface area contributed by atoms with Crippen molar-refractivity contribution in [2.24, 2.45) is 0 Å². The molecule has 2 aliphatic rings. The van der Waals surface area contributed by atoms with Crippen molar-refractivity contribution in [2.75, 3.05) is 10.6 Å². The van der Waals surface area contributed by atoms with E-state index in [-0.39, 0.29) is 23.2 Å². The SMILES string of the molecule is O=C(Nc1ccc2c(c1)CCC2)c1cc([N+](=O)[O-])ccc1-c1cccs1.O=C(Nc1ccc2c(c1)CCC2)c1cc([N+](=O)[O-])ccc1-c1cccs1. The molecular formula is C40H32N4O6S2. The first-order valence-corrected chi connectivity index (χ1v) is 18.5. The molecule has 0 atom stereocenters. The standard InChI is InChI=1S/2C20H16N2O3S/c2*23-20(21-15-7-6-13-3-1-4-14(13)11-15)18-12-16(22(24)25)8-9-17(18)19-5-2-10-26-19/h2*2,5-12H,1,3-4H2,(H,21,23). The zero-order valence-corrected chi connectivity index (χ0v) is 29.4. The largest absolute Gasteiger partial charge is 0.322 e. The summed E-state index contributed by atoms with van der Waals surface area (Å²) in [5.74, 6) is -0.676. The normalized spacial score (nSPS) is 12.6. The van der Waals surface area contributed by atoms with Gasteiger partial charge in [0, 0.05) is 56.5 Å². The van der Waals surface area contributed by atoms with Crippen molar-refractivity contribution in [1.82, 2.24) is 0 Å². The first-order valence-electron chi connectivity index (χ1n) is 16.7. The molecule has 0 fully saturated rings. The van der Waals surface area contributed by atoms with E-state index < -0.39 is 9.85 Å². The number of fused-ring (bicyclic) bond motifs is 2. The minimum absolute atomic E-state index is 0.0931. The van der Waals surface area contributed by atoms with Gasteiger partial charge in [-0.25, -0.2) is 0 Å². The third kappa shape index (κ3) is 7.53. The molecule has 0 bridgehead atoms. The molecule has 4 aromatic carbocycles. The van der Waals surface area contributed by atoms with Gasteiger partial charge in [-0.3, -0.25) is 29.8 Å². The third-order valence-electron chi connectivity index (χ3n) is 9.20. The van der Waals surface area contributed by atoms with Crippen LogP contribution in [-0.2, 0) is 25.7 Å². The molecule has 0 unspecified atom stereocenters. The van der Waals surface area contributed by atoms with Crippen molar-refractivity contribution < 1.29 is 19.4 Å². The Balaban J connectivity index is 0.000000162. The van der Waals surface area contributed by atoms with Gasteiger partial charge in [-0.05, 0) is 120 Å². The number of aryl methyl sites for hydroxylation is 4. The molecule has 0 aliphatic heterocycles. The van der Waals surface area contributed by atoms with Gasteiger partial charge >= 0.3 is 0 Å². The van der Waals surface area contributed by atoms with E-state index in [4.69, 9.17) is 0 Å². The van der Waals surface area contributed by atoms with Crippen molar-refractivity contribution in [2.45, 2.75) is 38.5 Å². The Hall–Kier alpha value is -5.98. The van der Waals surface area contributed by atoms with Gasteiger partial charge in [-0.1, -0.05) is 24.3 Å². The number of thiophene rings is 2. The van der Waals surface area contributed by atoms with Crippen LogP contribution in [0.1, 0.15) is 55.8 Å². The van der Waals surface area contributed by atoms with E-state index in [9.17, 15) is 29.8 Å². The number of nitrogens with zero attached hydrogens (tertiary/aromatic N) is 2. The van der Waals surface area contributed by atoms with Crippen molar-refractivity contribution in [3.8, 4) is 20.9 Å². The average molecular weight is 729 g/mol. The third-order valence-corrected chi connectivity index (χ3v) is 11.0. The zero-order valence-electron chi connectivity index (χ0n) is 27.8. The topological polar surface area (TPSA) is 144 Å². The predicted octanol–water partition coefficient (Wildman–Crippen LogP) is 10.1. The van der Waals surface area contributed by atoms with Gasteiger partial charge in [0.05, 0.1) is 21.0 Å². The minimum Gasteiger partial charge on any atom is -0.322 e. The van der Waals surface area contributed by atoms with Gasteiger partial charge in [0.15, 0.2) is 0 Å². The molecule has 2 aliphatic carbocycles. The number of hydrogen-bond donors (Lipinski definition) is 2. The summed E-state index contributed by atoms with van der Waals surface area (Å²) in [6, 6.07) is 28.3. The second kappa shape index (κ2) is 15.1. The maximum absolute atomic E-state index is 12.9. The Labute approximate surface area is 307 Å². The molecule has 52 heavy (non-hydrogen) atoms. The van der Waals surface area contributed by atoms with Gasteiger partial charge in [0.2, 0.25) is 0 Å². The Morgan fingerprint density at radius 3 is 1.35 bits per heavy atom. The van der Waals surface area contributed by atoms with E-state index in [1.54, 1.807) is 12.1 Å². The lowest BCUT2D eigenvalue weighted by atomic mass is 10.0. The molecule has 0 spiro atoms. The highest BCUT2D eigenvalue weighted by Gasteiger charge is 2.21. The fraction of sp³-hybridized carbons (Fsp3) is 0.150. The average Bonchev–Trinajstić information content (AvgIpc) is 3.99. The highest BCUT2D eigenvalue weighted by Crippen LogP contribution is 2.34. The molecule has 0 radical (unpaired) electrons. The number of carbonyl (C=O) groups excluding carboxylic acids is 2. The van der Waals surface area contributed by atoms with Gasteiger partial charge in [0.1, 0.15) is 0 Å². The van der Waals surface area contributed by atoms with E-state index in [0.717, 1.165) is 59.7 Å². The first kappa shape index (κ1) is 34.5. The zero-order chi connectivity index (χ0) is 36.2. The lowest BCUT2D eigenvalue weighted by Gasteiger charge is -2.10. The van der Waals surface area contributed by atoms with Crippen molar-refractivity contribution in [3.63, 3.8) is 0 Å². The minimum atomic E-state index is -0.482. The fourth-order valence-electron chi connectivity index (χ4n) is 6.66. The molecule has 0 saturated heterocycles. The molecule has 260 valence electrons. The number of nitrogens with one attached hydrogen (secondary N) is 2. The Kier molecular flexibility index (Phi) is 10.0. The highest BCUT2D eigenvalue weighted by molar-refractivity contribution is 7.13. The Morgan fingerprint density at radius 2 is 0.962 bits per heavy atom. The lowest BCUT2D eigenvalue weighted by molar-refractivity contribution is -0.385. The van der Waals surface area contributed by atoms with E-state index in [1.807, 2.05) is 71.4 Å². The van der Waals surface area contributed by atoms with Crippen LogP contribution in [0.2, 0.25) is 0 Å². The first-order chi connectivity index (χ1) is 25.2. The summed E-state index contributed by atoms with van der Waals surface area (Å²) in [5, 5.41) is 31.9. The molecular weight excluding hydrogens is 697 g/mol. The number of anilines is 2. The molecule has 6 aromatic rings. The molecule has 12 heteroatoms. The number of carbonyl (C=O) groups is 2. The molecule has 0 saturated carbocycles. The smallest absolute Gasteiger partial charge is 0.270 e. The summed E-state index contributed by atoms with van der Waals surface area (Å²) in [6.07, 6.45) is 6.49. The van der Waals surface area contributed by atoms with Crippen LogP contribution in [0.25, 0.3) is 20.9 Å². The van der Waals surface area contributed by atoms with Crippen LogP contribution < -0.4 is 10.6 Å². The van der Waals surface area contributed by atoms with Crippen molar-refractivity contribution >= 4 is 57.2 Å². The van der Waals surface area contributed by atoms with Gasteiger partial charge < -0.3 is 10.6 Å². The second-order valence-corrected chi connectivity index (χ2v) is 14.4. The highest BCUT2D eigenvalue weighted by atomic mass is 32.1. The summed E-state index contributed by atoms with van der Waals surface area (Å²) in [4.78, 5) is 48.9. The maximum Gasteiger partial charge on any atom is 0.270 e. The quantitative estimate of drug-likeness (QED) is 0.118. The number of amides is 2. The molecule has 2 heterocycles. The molecule has 2 aromatic heterocycles. The van der Waals surface area contributed by atoms with Crippen molar-refractivity contribution in [3.05, 3.63) is 161 Å².